The van der Waals surface area contributed by atoms with Gasteiger partial charge in [0.2, 0.25) is 5.78 Å². The number of ether oxygens (including phenoxy) is 1. The summed E-state index contributed by atoms with van der Waals surface area (Å²) in [4.78, 5) is 25.5. The number of fused-ring (bicyclic) bond motifs is 1. The summed E-state index contributed by atoms with van der Waals surface area (Å²) in [7, 11) is 0. The number of benzene rings is 1. The van der Waals surface area contributed by atoms with Crippen LogP contribution in [0.1, 0.15) is 71.1 Å². The highest BCUT2D eigenvalue weighted by Gasteiger charge is 2.20. The summed E-state index contributed by atoms with van der Waals surface area (Å²) < 4.78 is 7.15. The summed E-state index contributed by atoms with van der Waals surface area (Å²) in [6.07, 6.45) is 5.32. The van der Waals surface area contributed by atoms with E-state index in [0.717, 1.165) is 36.8 Å². The highest BCUT2D eigenvalue weighted by molar-refractivity contribution is 6.17. The van der Waals surface area contributed by atoms with Crippen LogP contribution in [0.25, 0.3) is 5.52 Å². The summed E-state index contributed by atoms with van der Waals surface area (Å²) in [5.41, 5.74) is 4.77. The first-order chi connectivity index (χ1) is 14.4. The van der Waals surface area contributed by atoms with E-state index in [0.29, 0.717) is 22.7 Å². The van der Waals surface area contributed by atoms with Crippen molar-refractivity contribution in [3.63, 3.8) is 0 Å². The van der Waals surface area contributed by atoms with Gasteiger partial charge in [-0.25, -0.2) is 4.79 Å². The number of aryl methyl sites for hydroxylation is 2. The highest BCUT2D eigenvalue weighted by Crippen LogP contribution is 2.23. The Kier molecular flexibility index (Phi) is 7.33. The lowest BCUT2D eigenvalue weighted by molar-refractivity contribution is 0.0378. The monoisotopic (exact) mass is 425 g/mol. The molecule has 0 bridgehead atoms. The van der Waals surface area contributed by atoms with Gasteiger partial charge in [0.05, 0.1) is 17.4 Å². The maximum absolute atomic E-state index is 13.3. The first-order valence-corrected chi connectivity index (χ1v) is 11.0. The van der Waals surface area contributed by atoms with E-state index < -0.39 is 0 Å². The van der Waals surface area contributed by atoms with Crippen LogP contribution in [0.15, 0.2) is 48.7 Å². The third-order valence-electron chi connectivity index (χ3n) is 5.09. The molecule has 0 saturated carbocycles. The number of pyridine rings is 1. The van der Waals surface area contributed by atoms with Crippen molar-refractivity contribution in [1.82, 2.24) is 4.40 Å². The van der Waals surface area contributed by atoms with Crippen LogP contribution >= 0.6 is 11.6 Å². The molecule has 0 aliphatic carbocycles. The second-order valence-electron chi connectivity index (χ2n) is 7.71. The molecule has 4 nitrogen and oxygen atoms in total. The Morgan fingerprint density at radius 3 is 2.40 bits per heavy atom. The quantitative estimate of drug-likeness (QED) is 0.187. The fourth-order valence-electron chi connectivity index (χ4n) is 3.55. The first-order valence-electron chi connectivity index (χ1n) is 10.5. The van der Waals surface area contributed by atoms with Crippen molar-refractivity contribution in [2.75, 3.05) is 5.88 Å². The fraction of sp³-hybridized carbons (Fsp3) is 0.360. The van der Waals surface area contributed by atoms with Gasteiger partial charge in [0, 0.05) is 23.2 Å². The summed E-state index contributed by atoms with van der Waals surface area (Å²) >= 11 is 5.74. The molecule has 2 heterocycles. The van der Waals surface area contributed by atoms with Gasteiger partial charge in [-0.05, 0) is 68.9 Å². The molecule has 3 rings (SSSR count). The van der Waals surface area contributed by atoms with Gasteiger partial charge in [-0.2, -0.15) is 0 Å². The number of unbranched alkanes of at least 4 members (excludes halogenated alkanes) is 1. The second-order valence-corrected chi connectivity index (χ2v) is 8.09. The van der Waals surface area contributed by atoms with Crippen LogP contribution in [0.4, 0.5) is 0 Å². The minimum absolute atomic E-state index is 0.0170. The number of halogens is 1. The number of alkyl halides is 1. The topological polar surface area (TPSA) is 47.8 Å². The number of esters is 1. The molecule has 3 aromatic rings. The minimum Gasteiger partial charge on any atom is -0.459 e. The van der Waals surface area contributed by atoms with E-state index in [2.05, 4.69) is 0 Å². The number of hydrogen-bond acceptors (Lipinski definition) is 3. The Morgan fingerprint density at radius 1 is 1.03 bits per heavy atom. The smallest absolute Gasteiger partial charge is 0.338 e. The third-order valence-corrected chi connectivity index (χ3v) is 5.36. The molecule has 0 aliphatic heterocycles. The Morgan fingerprint density at radius 2 is 1.77 bits per heavy atom. The van der Waals surface area contributed by atoms with Gasteiger partial charge in [0.1, 0.15) is 0 Å². The first kappa shape index (κ1) is 22.1. The van der Waals surface area contributed by atoms with Crippen molar-refractivity contribution >= 4 is 28.9 Å². The van der Waals surface area contributed by atoms with Gasteiger partial charge in [-0.15, -0.1) is 11.6 Å². The van der Waals surface area contributed by atoms with E-state index in [1.807, 2.05) is 55.5 Å². The van der Waals surface area contributed by atoms with Crippen LogP contribution in [0.3, 0.4) is 0 Å². The molecular formula is C25H28ClNO3. The summed E-state index contributed by atoms with van der Waals surface area (Å²) in [6, 6.07) is 13.3. The van der Waals surface area contributed by atoms with E-state index in [4.69, 9.17) is 16.3 Å². The number of aromatic nitrogens is 1. The van der Waals surface area contributed by atoms with Gasteiger partial charge in [0.15, 0.2) is 0 Å². The maximum Gasteiger partial charge on any atom is 0.338 e. The average Bonchev–Trinajstić information content (AvgIpc) is 3.11. The van der Waals surface area contributed by atoms with Crippen molar-refractivity contribution in [1.29, 1.82) is 0 Å². The molecule has 0 saturated heterocycles. The Balaban J connectivity index is 1.90. The number of hydrogen-bond donors (Lipinski definition) is 0. The normalized spacial score (nSPS) is 11.2. The number of nitrogens with zero attached hydrogens (tertiary/aromatic N) is 1. The van der Waals surface area contributed by atoms with Gasteiger partial charge >= 0.3 is 5.97 Å². The fourth-order valence-corrected chi connectivity index (χ4v) is 3.74. The molecule has 0 aliphatic rings. The molecule has 1 aromatic carbocycles. The van der Waals surface area contributed by atoms with Crippen LogP contribution in [0.2, 0.25) is 0 Å². The number of ketones is 1. The zero-order chi connectivity index (χ0) is 21.7. The molecule has 158 valence electrons. The Hall–Kier alpha value is -2.59. The number of rotatable bonds is 9. The summed E-state index contributed by atoms with van der Waals surface area (Å²) in [6.45, 7) is 5.67. The van der Waals surface area contributed by atoms with Crippen molar-refractivity contribution < 1.29 is 14.3 Å². The Bertz CT molecular complexity index is 1030. The van der Waals surface area contributed by atoms with Gasteiger partial charge in [0.25, 0.3) is 0 Å². The molecule has 0 radical (unpaired) electrons. The molecular weight excluding hydrogens is 398 g/mol. The molecule has 0 fully saturated rings. The molecule has 30 heavy (non-hydrogen) atoms. The van der Waals surface area contributed by atoms with Crippen molar-refractivity contribution in [3.05, 3.63) is 76.6 Å². The Labute approximate surface area is 182 Å². The molecule has 2 aromatic heterocycles. The lowest BCUT2D eigenvalue weighted by Gasteiger charge is -2.09. The van der Waals surface area contributed by atoms with Gasteiger partial charge in [-0.1, -0.05) is 31.2 Å². The molecule has 0 unspecified atom stereocenters. The number of carbonyl (C=O) groups excluding carboxylic acids is 2. The van der Waals surface area contributed by atoms with Crippen LogP contribution < -0.4 is 0 Å². The van der Waals surface area contributed by atoms with E-state index in [1.54, 1.807) is 18.3 Å². The standard InChI is InChI=1S/C25H28ClNO3/c1-4-19-15-22-16-21(25(29)30-17(2)3)12-14-27(22)23(19)24(28)20-10-8-18(9-11-20)7-5-6-13-26/h8-12,14-17H,4-7,13H2,1-3H3. The SMILES string of the molecule is CCc1cc2cc(C(=O)OC(C)C)ccn2c1C(=O)c1ccc(CCCCCl)cc1. The zero-order valence-corrected chi connectivity index (χ0v) is 18.5. The molecule has 5 heteroatoms. The number of carbonyl (C=O) groups is 2. The maximum atomic E-state index is 13.3. The summed E-state index contributed by atoms with van der Waals surface area (Å²) in [5, 5.41) is 0. The van der Waals surface area contributed by atoms with Crippen molar-refractivity contribution in [2.24, 2.45) is 0 Å². The molecule has 0 amide bonds. The van der Waals surface area contributed by atoms with E-state index in [-0.39, 0.29) is 17.9 Å². The predicted molar refractivity (Wildman–Crippen MR) is 121 cm³/mol. The lowest BCUT2D eigenvalue weighted by atomic mass is 10.0. The molecule has 0 N–H and O–H groups in total. The van der Waals surface area contributed by atoms with E-state index in [9.17, 15) is 9.59 Å². The summed E-state index contributed by atoms with van der Waals surface area (Å²) in [5.74, 6) is 0.301. The highest BCUT2D eigenvalue weighted by atomic mass is 35.5. The molecule has 0 atom stereocenters. The second kappa shape index (κ2) is 9.94. The van der Waals surface area contributed by atoms with Crippen LogP contribution in [-0.4, -0.2) is 28.1 Å². The van der Waals surface area contributed by atoms with Gasteiger partial charge in [-0.3, -0.25) is 4.79 Å². The third kappa shape index (κ3) is 4.93. The van der Waals surface area contributed by atoms with E-state index >= 15 is 0 Å². The average molecular weight is 426 g/mol. The van der Waals surface area contributed by atoms with Gasteiger partial charge < -0.3 is 9.14 Å². The van der Waals surface area contributed by atoms with Crippen LogP contribution in [0.5, 0.6) is 0 Å². The largest absolute Gasteiger partial charge is 0.459 e. The van der Waals surface area contributed by atoms with Crippen LogP contribution in [0, 0.1) is 0 Å². The predicted octanol–water partition coefficient (Wildman–Crippen LogP) is 5.86. The van der Waals surface area contributed by atoms with Crippen molar-refractivity contribution in [2.45, 2.75) is 52.6 Å². The zero-order valence-electron chi connectivity index (χ0n) is 17.8. The minimum atomic E-state index is -0.357. The lowest BCUT2D eigenvalue weighted by Crippen LogP contribution is -2.12. The van der Waals surface area contributed by atoms with Crippen molar-refractivity contribution in [3.8, 4) is 0 Å². The van der Waals surface area contributed by atoms with E-state index in [1.165, 1.54) is 5.56 Å². The molecule has 0 spiro atoms. The van der Waals surface area contributed by atoms with Crippen LogP contribution in [-0.2, 0) is 17.6 Å².